The number of hydrogen-bond donors (Lipinski definition) is 0. The second-order valence-electron chi connectivity index (χ2n) is 5.05. The Hall–Kier alpha value is -0.581. The van der Waals surface area contributed by atoms with Crippen LogP contribution in [0.4, 0.5) is 0 Å². The standard InChI is InChI=1S/C12H16O5Se/c1-5(13)15-11-7-3-10-12(16-6(2)14)8(17-7)4-9(11)18-10/h7-12H,3-4H2,1-2H3. The van der Waals surface area contributed by atoms with Crippen molar-refractivity contribution in [2.75, 3.05) is 0 Å². The monoisotopic (exact) mass is 320 g/mol. The zero-order chi connectivity index (χ0) is 12.9. The Kier molecular flexibility index (Phi) is 3.12. The van der Waals surface area contributed by atoms with E-state index in [4.69, 9.17) is 14.2 Å². The van der Waals surface area contributed by atoms with Crippen LogP contribution in [0.1, 0.15) is 26.7 Å². The van der Waals surface area contributed by atoms with Crippen molar-refractivity contribution in [1.82, 2.24) is 0 Å². The van der Waals surface area contributed by atoms with Gasteiger partial charge in [0.05, 0.1) is 0 Å². The summed E-state index contributed by atoms with van der Waals surface area (Å²) in [5.74, 6) is -0.466. The van der Waals surface area contributed by atoms with Crippen LogP contribution in [0.5, 0.6) is 0 Å². The number of ether oxygens (including phenoxy) is 3. The number of esters is 2. The molecule has 4 aliphatic heterocycles. The summed E-state index contributed by atoms with van der Waals surface area (Å²) in [5.41, 5.74) is 0. The summed E-state index contributed by atoms with van der Waals surface area (Å²) in [6.45, 7) is 2.89. The third-order valence-corrected chi connectivity index (χ3v) is 7.10. The van der Waals surface area contributed by atoms with E-state index in [0.717, 1.165) is 12.8 Å². The van der Waals surface area contributed by atoms with Gasteiger partial charge >= 0.3 is 111 Å². The van der Waals surface area contributed by atoms with E-state index in [2.05, 4.69) is 0 Å². The van der Waals surface area contributed by atoms with Gasteiger partial charge in [-0.15, -0.1) is 0 Å². The molecule has 0 saturated carbocycles. The van der Waals surface area contributed by atoms with Crippen molar-refractivity contribution < 1.29 is 23.8 Å². The zero-order valence-corrected chi connectivity index (χ0v) is 12.0. The van der Waals surface area contributed by atoms with Gasteiger partial charge in [0.25, 0.3) is 0 Å². The molecule has 4 heterocycles. The van der Waals surface area contributed by atoms with Crippen molar-refractivity contribution in [3.8, 4) is 0 Å². The van der Waals surface area contributed by atoms with Crippen molar-refractivity contribution in [3.05, 3.63) is 0 Å². The van der Waals surface area contributed by atoms with E-state index >= 15 is 0 Å². The van der Waals surface area contributed by atoms with E-state index in [9.17, 15) is 9.59 Å². The van der Waals surface area contributed by atoms with Gasteiger partial charge in [0, 0.05) is 0 Å². The summed E-state index contributed by atoms with van der Waals surface area (Å²) in [5, 5.41) is 0. The average Bonchev–Trinajstić information content (AvgIpc) is 2.24. The molecule has 4 rings (SSSR count). The molecule has 18 heavy (non-hydrogen) atoms. The van der Waals surface area contributed by atoms with E-state index in [1.165, 1.54) is 13.8 Å². The number of hydrogen-bond acceptors (Lipinski definition) is 5. The molecule has 0 radical (unpaired) electrons. The van der Waals surface area contributed by atoms with Crippen LogP contribution in [0.15, 0.2) is 0 Å². The quantitative estimate of drug-likeness (QED) is 0.554. The molecule has 0 aromatic rings. The van der Waals surface area contributed by atoms with E-state index in [1.54, 1.807) is 0 Å². The van der Waals surface area contributed by atoms with Gasteiger partial charge in [-0.05, 0) is 0 Å². The molecule has 6 heteroatoms. The van der Waals surface area contributed by atoms with Gasteiger partial charge < -0.3 is 0 Å². The fourth-order valence-corrected chi connectivity index (χ4v) is 6.96. The summed E-state index contributed by atoms with van der Waals surface area (Å²) in [7, 11) is 0. The summed E-state index contributed by atoms with van der Waals surface area (Å²) in [6, 6.07) is 0. The first-order chi connectivity index (χ1) is 8.54. The molecule has 6 atom stereocenters. The first-order valence-corrected chi connectivity index (χ1v) is 8.18. The molecule has 0 aromatic heterocycles. The van der Waals surface area contributed by atoms with Crippen LogP contribution in [0.25, 0.3) is 0 Å². The molecular formula is C12H16O5Se. The number of carbonyl (C=O) groups excluding carboxylic acids is 2. The number of carbonyl (C=O) groups is 2. The predicted molar refractivity (Wildman–Crippen MR) is 62.3 cm³/mol. The Balaban J connectivity index is 1.72. The van der Waals surface area contributed by atoms with Gasteiger partial charge in [-0.3, -0.25) is 0 Å². The van der Waals surface area contributed by atoms with Gasteiger partial charge in [-0.2, -0.15) is 0 Å². The summed E-state index contributed by atoms with van der Waals surface area (Å²) >= 11 is 0.358. The minimum absolute atomic E-state index is 0.00471. The molecule has 4 aliphatic rings. The molecule has 5 nitrogen and oxygen atoms in total. The Morgan fingerprint density at radius 3 is 1.78 bits per heavy atom. The van der Waals surface area contributed by atoms with Crippen molar-refractivity contribution >= 4 is 26.9 Å². The third kappa shape index (κ3) is 2.06. The SMILES string of the molecule is CC(=O)OC1C2CC3[Se]C1CC(O2)C3OC(C)=O. The molecule has 0 aliphatic carbocycles. The molecule has 4 bridgehead atoms. The Morgan fingerprint density at radius 2 is 1.44 bits per heavy atom. The summed E-state index contributed by atoms with van der Waals surface area (Å²) < 4.78 is 16.7. The third-order valence-electron chi connectivity index (χ3n) is 3.70. The van der Waals surface area contributed by atoms with Crippen LogP contribution in [0.2, 0.25) is 9.63 Å². The second kappa shape index (κ2) is 4.51. The van der Waals surface area contributed by atoms with Crippen molar-refractivity contribution in [1.29, 1.82) is 0 Å². The van der Waals surface area contributed by atoms with Crippen LogP contribution in [-0.2, 0) is 23.8 Å². The fraction of sp³-hybridized carbons (Fsp3) is 0.833. The molecule has 100 valence electrons. The first-order valence-electron chi connectivity index (χ1n) is 6.20. The minimum atomic E-state index is -0.233. The van der Waals surface area contributed by atoms with E-state index in [-0.39, 0.29) is 36.4 Å². The van der Waals surface area contributed by atoms with Crippen LogP contribution in [-0.4, -0.2) is 51.3 Å². The molecule has 0 amide bonds. The molecule has 0 N–H and O–H groups in total. The van der Waals surface area contributed by atoms with Crippen LogP contribution in [0.3, 0.4) is 0 Å². The van der Waals surface area contributed by atoms with E-state index < -0.39 is 0 Å². The molecular weight excluding hydrogens is 303 g/mol. The van der Waals surface area contributed by atoms with Gasteiger partial charge in [0.2, 0.25) is 0 Å². The first kappa shape index (κ1) is 12.5. The molecule has 4 saturated heterocycles. The Morgan fingerprint density at radius 1 is 1.00 bits per heavy atom. The predicted octanol–water partition coefficient (Wildman–Crippen LogP) is 0.706. The van der Waals surface area contributed by atoms with Crippen molar-refractivity contribution in [2.24, 2.45) is 0 Å². The fourth-order valence-electron chi connectivity index (χ4n) is 3.14. The normalized spacial score (nSPS) is 44.8. The number of rotatable bonds is 2. The zero-order valence-electron chi connectivity index (χ0n) is 10.3. The van der Waals surface area contributed by atoms with Crippen LogP contribution < -0.4 is 0 Å². The van der Waals surface area contributed by atoms with Gasteiger partial charge in [0.1, 0.15) is 0 Å². The van der Waals surface area contributed by atoms with Crippen molar-refractivity contribution in [2.45, 2.75) is 60.7 Å². The summed E-state index contributed by atoms with van der Waals surface area (Å²) in [4.78, 5) is 23.1. The van der Waals surface area contributed by atoms with Crippen LogP contribution >= 0.6 is 0 Å². The topological polar surface area (TPSA) is 61.8 Å². The van der Waals surface area contributed by atoms with Gasteiger partial charge in [0.15, 0.2) is 0 Å². The molecule has 4 fully saturated rings. The molecule has 0 aromatic carbocycles. The maximum absolute atomic E-state index is 11.1. The van der Waals surface area contributed by atoms with Crippen molar-refractivity contribution in [3.63, 3.8) is 0 Å². The average molecular weight is 319 g/mol. The summed E-state index contributed by atoms with van der Waals surface area (Å²) in [6.07, 6.45) is 1.56. The van der Waals surface area contributed by atoms with Gasteiger partial charge in [-0.25, -0.2) is 0 Å². The maximum atomic E-state index is 11.1. The second-order valence-corrected chi connectivity index (χ2v) is 8.16. The van der Waals surface area contributed by atoms with Crippen LogP contribution in [0, 0.1) is 0 Å². The molecule has 6 unspecified atom stereocenters. The van der Waals surface area contributed by atoms with E-state index in [0.29, 0.717) is 24.6 Å². The molecule has 0 spiro atoms. The Labute approximate surface area is 112 Å². The van der Waals surface area contributed by atoms with Gasteiger partial charge in [-0.1, -0.05) is 0 Å². The van der Waals surface area contributed by atoms with E-state index in [1.807, 2.05) is 0 Å². The Bertz CT molecular complexity index is 321.